The van der Waals surface area contributed by atoms with Crippen LogP contribution in [0, 0.1) is 5.82 Å². The Morgan fingerprint density at radius 3 is 2.93 bits per heavy atom. The Morgan fingerprint density at radius 2 is 2.10 bits per heavy atom. The third-order valence-electron chi connectivity index (χ3n) is 4.32. The van der Waals surface area contributed by atoms with E-state index in [4.69, 9.17) is 16.3 Å². The fourth-order valence-electron chi connectivity index (χ4n) is 2.99. The highest BCUT2D eigenvalue weighted by Gasteiger charge is 2.13. The Morgan fingerprint density at radius 1 is 1.24 bits per heavy atom. The molecule has 0 bridgehead atoms. The molecule has 0 fully saturated rings. The quantitative estimate of drug-likeness (QED) is 0.209. The van der Waals surface area contributed by atoms with Crippen molar-refractivity contribution in [2.45, 2.75) is 12.8 Å². The van der Waals surface area contributed by atoms with Crippen molar-refractivity contribution in [2.75, 3.05) is 17.8 Å². The van der Waals surface area contributed by atoms with Crippen LogP contribution in [0.3, 0.4) is 0 Å². The first kappa shape index (κ1) is 19.3. The zero-order chi connectivity index (χ0) is 20.4. The summed E-state index contributed by atoms with van der Waals surface area (Å²) in [6, 6.07) is 9.25. The number of alkyl halides is 1. The third-order valence-corrected chi connectivity index (χ3v) is 4.59. The molecular formula is C19H17ClFN5O3. The standard InChI is InChI=1S/C19H17ClFN5O3/c20-6-1-7-29-19(28)24-18-22-14-5-2-10(8-15(14)23-18)16-13-9-11(21)3-4-12(13)17(27)26-25-16/h2-5,8-9,19,28H,1,6-7H2,(H,26,27)(H2,22,23,24). The summed E-state index contributed by atoms with van der Waals surface area (Å²) in [5.41, 5.74) is 2.00. The van der Waals surface area contributed by atoms with Crippen LogP contribution in [0.4, 0.5) is 10.3 Å². The average Bonchev–Trinajstić information content (AvgIpc) is 3.09. The van der Waals surface area contributed by atoms with Gasteiger partial charge in [-0.3, -0.25) is 4.79 Å². The maximum atomic E-state index is 13.7. The summed E-state index contributed by atoms with van der Waals surface area (Å²) in [7, 11) is 0. The SMILES string of the molecule is O=c1[nH]nc(-c2ccc3[nH]c(NC(O)OCCCCl)nc3c2)c2cc(F)ccc12. The molecule has 2 heterocycles. The van der Waals surface area contributed by atoms with Gasteiger partial charge < -0.3 is 20.1 Å². The molecule has 29 heavy (non-hydrogen) atoms. The van der Waals surface area contributed by atoms with Gasteiger partial charge in [0.15, 0.2) is 0 Å². The lowest BCUT2D eigenvalue weighted by atomic mass is 10.0. The van der Waals surface area contributed by atoms with E-state index >= 15 is 0 Å². The van der Waals surface area contributed by atoms with Crippen LogP contribution in [0.15, 0.2) is 41.2 Å². The predicted octanol–water partition coefficient (Wildman–Crippen LogP) is 2.94. The Labute approximate surface area is 168 Å². The van der Waals surface area contributed by atoms with Gasteiger partial charge in [-0.15, -0.1) is 11.6 Å². The minimum absolute atomic E-state index is 0.309. The van der Waals surface area contributed by atoms with Gasteiger partial charge in [0.1, 0.15) is 5.82 Å². The molecular weight excluding hydrogens is 401 g/mol. The zero-order valence-corrected chi connectivity index (χ0v) is 15.8. The highest BCUT2D eigenvalue weighted by molar-refractivity contribution is 6.17. The number of aliphatic hydroxyl groups excluding tert-OH is 1. The van der Waals surface area contributed by atoms with Gasteiger partial charge in [0.25, 0.3) is 5.56 Å². The van der Waals surface area contributed by atoms with Crippen LogP contribution in [-0.4, -0.2) is 44.2 Å². The summed E-state index contributed by atoms with van der Waals surface area (Å²) < 4.78 is 18.9. The first-order chi connectivity index (χ1) is 14.0. The van der Waals surface area contributed by atoms with Crippen molar-refractivity contribution < 1.29 is 14.2 Å². The summed E-state index contributed by atoms with van der Waals surface area (Å²) in [5, 5.41) is 19.8. The van der Waals surface area contributed by atoms with E-state index < -0.39 is 12.2 Å². The lowest BCUT2D eigenvalue weighted by molar-refractivity contribution is -0.0780. The second-order valence-electron chi connectivity index (χ2n) is 6.32. The molecule has 0 radical (unpaired) electrons. The van der Waals surface area contributed by atoms with Crippen LogP contribution in [0.5, 0.6) is 0 Å². The van der Waals surface area contributed by atoms with Gasteiger partial charge in [0.05, 0.1) is 28.7 Å². The van der Waals surface area contributed by atoms with Crippen molar-refractivity contribution in [2.24, 2.45) is 0 Å². The van der Waals surface area contributed by atoms with E-state index in [1.54, 1.807) is 18.2 Å². The molecule has 0 aliphatic carbocycles. The third kappa shape index (κ3) is 4.07. The molecule has 1 unspecified atom stereocenters. The van der Waals surface area contributed by atoms with Gasteiger partial charge in [0.2, 0.25) is 12.4 Å². The zero-order valence-electron chi connectivity index (χ0n) is 15.1. The van der Waals surface area contributed by atoms with Crippen molar-refractivity contribution in [1.29, 1.82) is 0 Å². The van der Waals surface area contributed by atoms with Crippen LogP contribution >= 0.6 is 11.6 Å². The van der Waals surface area contributed by atoms with E-state index in [9.17, 15) is 14.3 Å². The number of aliphatic hydroxyl groups is 1. The highest BCUT2D eigenvalue weighted by Crippen LogP contribution is 2.27. The van der Waals surface area contributed by atoms with E-state index in [1.807, 2.05) is 0 Å². The fourth-order valence-corrected chi connectivity index (χ4v) is 3.10. The molecule has 4 rings (SSSR count). The Kier molecular flexibility index (Phi) is 5.43. The molecule has 0 saturated carbocycles. The van der Waals surface area contributed by atoms with E-state index in [1.165, 1.54) is 18.2 Å². The van der Waals surface area contributed by atoms with Gasteiger partial charge in [-0.25, -0.2) is 14.5 Å². The molecule has 0 saturated heterocycles. The molecule has 4 N–H and O–H groups in total. The lowest BCUT2D eigenvalue weighted by Crippen LogP contribution is -2.23. The number of ether oxygens (including phenoxy) is 1. The number of H-pyrrole nitrogens is 2. The summed E-state index contributed by atoms with van der Waals surface area (Å²) in [5.74, 6) is 0.305. The number of aromatic amines is 2. The van der Waals surface area contributed by atoms with Crippen molar-refractivity contribution in [3.8, 4) is 11.3 Å². The first-order valence-corrected chi connectivity index (χ1v) is 9.39. The maximum absolute atomic E-state index is 13.7. The van der Waals surface area contributed by atoms with Gasteiger partial charge in [0, 0.05) is 16.8 Å². The number of hydrogen-bond acceptors (Lipinski definition) is 6. The molecule has 10 heteroatoms. The van der Waals surface area contributed by atoms with Gasteiger partial charge in [-0.05, 0) is 36.8 Å². The Balaban J connectivity index is 1.66. The monoisotopic (exact) mass is 417 g/mol. The number of imidazole rings is 1. The molecule has 1 atom stereocenters. The first-order valence-electron chi connectivity index (χ1n) is 8.85. The molecule has 2 aromatic heterocycles. The minimum Gasteiger partial charge on any atom is -0.351 e. The normalized spacial score (nSPS) is 12.5. The van der Waals surface area contributed by atoms with Crippen LogP contribution in [-0.2, 0) is 4.74 Å². The summed E-state index contributed by atoms with van der Waals surface area (Å²) in [4.78, 5) is 19.4. The molecule has 0 amide bonds. The minimum atomic E-state index is -1.23. The van der Waals surface area contributed by atoms with E-state index in [-0.39, 0.29) is 5.56 Å². The smallest absolute Gasteiger partial charge is 0.272 e. The van der Waals surface area contributed by atoms with Gasteiger partial charge in [-0.1, -0.05) is 6.07 Å². The number of benzene rings is 2. The van der Waals surface area contributed by atoms with Gasteiger partial charge >= 0.3 is 0 Å². The summed E-state index contributed by atoms with van der Waals surface area (Å²) in [6.45, 7) is 0.309. The van der Waals surface area contributed by atoms with E-state index in [0.717, 1.165) is 0 Å². The topological polar surface area (TPSA) is 116 Å². The number of anilines is 1. The van der Waals surface area contributed by atoms with Crippen molar-refractivity contribution in [3.05, 3.63) is 52.6 Å². The highest BCUT2D eigenvalue weighted by atomic mass is 35.5. The molecule has 4 aromatic rings. The summed E-state index contributed by atoms with van der Waals surface area (Å²) >= 11 is 5.57. The van der Waals surface area contributed by atoms with Crippen molar-refractivity contribution >= 4 is 39.4 Å². The van der Waals surface area contributed by atoms with Crippen molar-refractivity contribution in [3.63, 3.8) is 0 Å². The van der Waals surface area contributed by atoms with E-state index in [0.29, 0.717) is 57.9 Å². The van der Waals surface area contributed by atoms with E-state index in [2.05, 4.69) is 25.5 Å². The number of aromatic nitrogens is 4. The predicted molar refractivity (Wildman–Crippen MR) is 108 cm³/mol. The molecule has 0 aliphatic rings. The molecule has 0 aliphatic heterocycles. The van der Waals surface area contributed by atoms with Crippen LogP contribution in [0.2, 0.25) is 0 Å². The average molecular weight is 418 g/mol. The molecule has 2 aromatic carbocycles. The lowest BCUT2D eigenvalue weighted by Gasteiger charge is -2.11. The maximum Gasteiger partial charge on any atom is 0.272 e. The Hall–Kier alpha value is -3.01. The van der Waals surface area contributed by atoms with Crippen LogP contribution in [0.1, 0.15) is 6.42 Å². The second kappa shape index (κ2) is 8.16. The number of halogens is 2. The number of hydrogen-bond donors (Lipinski definition) is 4. The number of nitrogens with zero attached hydrogens (tertiary/aromatic N) is 2. The van der Waals surface area contributed by atoms with Gasteiger partial charge in [-0.2, -0.15) is 5.10 Å². The van der Waals surface area contributed by atoms with Crippen LogP contribution in [0.25, 0.3) is 33.1 Å². The summed E-state index contributed by atoms with van der Waals surface area (Å²) in [6.07, 6.45) is -0.615. The Bertz CT molecular complexity index is 1230. The molecule has 150 valence electrons. The molecule has 8 nitrogen and oxygen atoms in total. The number of rotatable bonds is 7. The number of fused-ring (bicyclic) bond motifs is 2. The fraction of sp³-hybridized carbons (Fsp3) is 0.211. The largest absolute Gasteiger partial charge is 0.351 e. The number of nitrogens with one attached hydrogen (secondary N) is 3. The van der Waals surface area contributed by atoms with Crippen LogP contribution < -0.4 is 10.9 Å². The van der Waals surface area contributed by atoms with Crippen molar-refractivity contribution in [1.82, 2.24) is 20.2 Å². The molecule has 0 spiro atoms. The second-order valence-corrected chi connectivity index (χ2v) is 6.70.